The van der Waals surface area contributed by atoms with Crippen LogP contribution >= 0.6 is 22.9 Å². The standard InChI is InChI=1S/C28H21ClN2O3S/c1-16-13-17(2)24-22(14-16)35-28(30-24)31-25(19-9-6-10-20(29)15-19)23(26(33)27(31)34)21(32)12-11-18-7-4-3-5-8-18/h3-15,25,33H,1-2H3. The van der Waals surface area contributed by atoms with Gasteiger partial charge in [0.15, 0.2) is 16.7 Å². The summed E-state index contributed by atoms with van der Waals surface area (Å²) < 4.78 is 0.929. The van der Waals surface area contributed by atoms with Crippen molar-refractivity contribution in [1.29, 1.82) is 0 Å². The van der Waals surface area contributed by atoms with E-state index in [1.165, 1.54) is 22.3 Å². The molecule has 1 atom stereocenters. The third-order valence-corrected chi connectivity index (χ3v) is 7.13. The summed E-state index contributed by atoms with van der Waals surface area (Å²) in [6.07, 6.45) is 3.04. The molecule has 5 rings (SSSR count). The SMILES string of the molecule is Cc1cc(C)c2nc(N3C(=O)C(O)=C(C(=O)C=Cc4ccccc4)C3c3cccc(Cl)c3)sc2c1. The van der Waals surface area contributed by atoms with Crippen molar-refractivity contribution in [2.45, 2.75) is 19.9 Å². The number of amides is 1. The van der Waals surface area contributed by atoms with Crippen molar-refractivity contribution in [3.63, 3.8) is 0 Å². The Balaban J connectivity index is 1.63. The van der Waals surface area contributed by atoms with Gasteiger partial charge in [0, 0.05) is 5.02 Å². The Hall–Kier alpha value is -3.74. The fraction of sp³-hybridized carbons (Fsp3) is 0.107. The van der Waals surface area contributed by atoms with Crippen molar-refractivity contribution >= 4 is 56.1 Å². The molecule has 0 spiro atoms. The first-order chi connectivity index (χ1) is 16.8. The van der Waals surface area contributed by atoms with Crippen LogP contribution < -0.4 is 4.90 Å². The summed E-state index contributed by atoms with van der Waals surface area (Å²) in [4.78, 5) is 32.8. The number of aliphatic hydroxyl groups is 1. The van der Waals surface area contributed by atoms with E-state index in [0.717, 1.165) is 26.9 Å². The van der Waals surface area contributed by atoms with Gasteiger partial charge in [-0.2, -0.15) is 0 Å². The quantitative estimate of drug-likeness (QED) is 0.308. The molecule has 1 amide bonds. The average molecular weight is 501 g/mol. The van der Waals surface area contributed by atoms with E-state index in [1.807, 2.05) is 56.3 Å². The Morgan fingerprint density at radius 1 is 1.09 bits per heavy atom. The van der Waals surface area contributed by atoms with E-state index in [2.05, 4.69) is 0 Å². The molecule has 1 unspecified atom stereocenters. The van der Waals surface area contributed by atoms with Crippen LogP contribution in [0.15, 0.2) is 84.1 Å². The second-order valence-electron chi connectivity index (χ2n) is 8.43. The van der Waals surface area contributed by atoms with Crippen LogP contribution in [0, 0.1) is 13.8 Å². The van der Waals surface area contributed by atoms with Crippen molar-refractivity contribution < 1.29 is 14.7 Å². The molecule has 5 nitrogen and oxygen atoms in total. The summed E-state index contributed by atoms with van der Waals surface area (Å²) in [6.45, 7) is 3.98. The monoisotopic (exact) mass is 500 g/mol. The molecule has 3 aromatic carbocycles. The summed E-state index contributed by atoms with van der Waals surface area (Å²) in [5.41, 5.74) is 4.31. The second-order valence-corrected chi connectivity index (χ2v) is 9.87. The number of ketones is 1. The molecule has 0 saturated heterocycles. The third-order valence-electron chi connectivity index (χ3n) is 5.89. The van der Waals surface area contributed by atoms with E-state index in [4.69, 9.17) is 16.6 Å². The van der Waals surface area contributed by atoms with Gasteiger partial charge in [-0.25, -0.2) is 4.98 Å². The summed E-state index contributed by atoms with van der Waals surface area (Å²) >= 11 is 7.62. The number of carbonyl (C=O) groups is 2. The molecule has 0 radical (unpaired) electrons. The van der Waals surface area contributed by atoms with E-state index in [0.29, 0.717) is 15.7 Å². The predicted octanol–water partition coefficient (Wildman–Crippen LogP) is 6.75. The number of anilines is 1. The zero-order valence-electron chi connectivity index (χ0n) is 19.0. The molecule has 0 bridgehead atoms. The van der Waals surface area contributed by atoms with Crippen LogP contribution in [0.3, 0.4) is 0 Å². The molecule has 174 valence electrons. The van der Waals surface area contributed by atoms with E-state index in [9.17, 15) is 14.7 Å². The molecule has 0 fully saturated rings. The number of aromatic nitrogens is 1. The second kappa shape index (κ2) is 9.13. The number of hydrogen-bond acceptors (Lipinski definition) is 5. The van der Waals surface area contributed by atoms with Gasteiger partial charge in [-0.1, -0.05) is 77.5 Å². The van der Waals surface area contributed by atoms with E-state index in [1.54, 1.807) is 30.3 Å². The van der Waals surface area contributed by atoms with Crippen molar-refractivity contribution in [2.75, 3.05) is 4.90 Å². The zero-order chi connectivity index (χ0) is 24.7. The van der Waals surface area contributed by atoms with Gasteiger partial charge in [-0.05, 0) is 60.4 Å². The Bertz CT molecular complexity index is 1540. The number of nitrogens with zero attached hydrogens (tertiary/aromatic N) is 2. The minimum atomic E-state index is -0.865. The van der Waals surface area contributed by atoms with Crippen LogP contribution in [0.25, 0.3) is 16.3 Å². The lowest BCUT2D eigenvalue weighted by Gasteiger charge is -2.24. The lowest BCUT2D eigenvalue weighted by Crippen LogP contribution is -2.30. The molecule has 7 heteroatoms. The Morgan fingerprint density at radius 3 is 2.60 bits per heavy atom. The fourth-order valence-corrected chi connectivity index (χ4v) is 5.70. The van der Waals surface area contributed by atoms with Crippen LogP contribution in [0.1, 0.15) is 28.3 Å². The molecule has 2 heterocycles. The van der Waals surface area contributed by atoms with Crippen molar-refractivity contribution in [3.05, 3.63) is 111 Å². The molecule has 1 aromatic heterocycles. The smallest absolute Gasteiger partial charge is 0.296 e. The number of aliphatic hydroxyl groups excluding tert-OH is 1. The molecular weight excluding hydrogens is 480 g/mol. The summed E-state index contributed by atoms with van der Waals surface area (Å²) in [5, 5.41) is 11.8. The Labute approximate surface area is 211 Å². The van der Waals surface area contributed by atoms with Gasteiger partial charge in [0.25, 0.3) is 5.91 Å². The highest BCUT2D eigenvalue weighted by molar-refractivity contribution is 7.22. The number of halogens is 1. The maximum absolute atomic E-state index is 13.4. The first kappa shape index (κ1) is 23.0. The van der Waals surface area contributed by atoms with E-state index < -0.39 is 23.5 Å². The van der Waals surface area contributed by atoms with Crippen LogP contribution in [-0.4, -0.2) is 21.8 Å². The normalized spacial score (nSPS) is 16.1. The number of aryl methyl sites for hydroxylation is 2. The summed E-state index contributed by atoms with van der Waals surface area (Å²) in [5.74, 6) is -1.70. The minimum Gasteiger partial charge on any atom is -0.503 e. The summed E-state index contributed by atoms with van der Waals surface area (Å²) in [7, 11) is 0. The van der Waals surface area contributed by atoms with E-state index >= 15 is 0 Å². The van der Waals surface area contributed by atoms with Crippen LogP contribution in [0.4, 0.5) is 5.13 Å². The third kappa shape index (κ3) is 4.27. The minimum absolute atomic E-state index is 0.00314. The molecule has 1 aliphatic heterocycles. The van der Waals surface area contributed by atoms with Gasteiger partial charge < -0.3 is 5.11 Å². The highest BCUT2D eigenvalue weighted by atomic mass is 35.5. The highest BCUT2D eigenvalue weighted by Gasteiger charge is 2.45. The molecular formula is C28H21ClN2O3S. The highest BCUT2D eigenvalue weighted by Crippen LogP contribution is 2.44. The lowest BCUT2D eigenvalue weighted by atomic mass is 9.96. The molecule has 0 aliphatic carbocycles. The maximum atomic E-state index is 13.4. The van der Waals surface area contributed by atoms with Gasteiger partial charge in [0.05, 0.1) is 21.8 Å². The van der Waals surface area contributed by atoms with Gasteiger partial charge in [0.1, 0.15) is 0 Å². The molecule has 35 heavy (non-hydrogen) atoms. The van der Waals surface area contributed by atoms with E-state index in [-0.39, 0.29) is 5.57 Å². The zero-order valence-corrected chi connectivity index (χ0v) is 20.6. The topological polar surface area (TPSA) is 70.5 Å². The van der Waals surface area contributed by atoms with Crippen molar-refractivity contribution in [1.82, 2.24) is 4.98 Å². The van der Waals surface area contributed by atoms with Gasteiger partial charge >= 0.3 is 0 Å². The maximum Gasteiger partial charge on any atom is 0.296 e. The van der Waals surface area contributed by atoms with Crippen LogP contribution in [0.2, 0.25) is 5.02 Å². The van der Waals surface area contributed by atoms with Crippen LogP contribution in [0.5, 0.6) is 0 Å². The van der Waals surface area contributed by atoms with Crippen molar-refractivity contribution in [2.24, 2.45) is 0 Å². The number of fused-ring (bicyclic) bond motifs is 1. The first-order valence-corrected chi connectivity index (χ1v) is 12.2. The predicted molar refractivity (Wildman–Crippen MR) is 141 cm³/mol. The number of rotatable bonds is 5. The Morgan fingerprint density at radius 2 is 1.86 bits per heavy atom. The number of thiazole rings is 1. The molecule has 1 aliphatic rings. The summed E-state index contributed by atoms with van der Waals surface area (Å²) in [6, 6.07) is 19.5. The molecule has 0 saturated carbocycles. The van der Waals surface area contributed by atoms with Gasteiger partial charge in [-0.3, -0.25) is 14.5 Å². The van der Waals surface area contributed by atoms with Gasteiger partial charge in [-0.15, -0.1) is 0 Å². The molecule has 4 aromatic rings. The number of carbonyl (C=O) groups excluding carboxylic acids is 2. The van der Waals surface area contributed by atoms with Gasteiger partial charge in [0.2, 0.25) is 0 Å². The lowest BCUT2D eigenvalue weighted by molar-refractivity contribution is -0.117. The largest absolute Gasteiger partial charge is 0.503 e. The molecule has 1 N–H and O–H groups in total. The number of allylic oxidation sites excluding steroid dienone is 1. The number of benzene rings is 3. The average Bonchev–Trinajstić information content (AvgIpc) is 3.37. The van der Waals surface area contributed by atoms with Crippen LogP contribution in [-0.2, 0) is 9.59 Å². The first-order valence-electron chi connectivity index (χ1n) is 11.0. The van der Waals surface area contributed by atoms with Crippen molar-refractivity contribution in [3.8, 4) is 0 Å². The Kier molecular flexibility index (Phi) is 6.01. The fourth-order valence-electron chi connectivity index (χ4n) is 4.33. The number of hydrogen-bond donors (Lipinski definition) is 1.